The Kier molecular flexibility index (Phi) is 6.36. The van der Waals surface area contributed by atoms with Crippen LogP contribution < -0.4 is 19.5 Å². The minimum Gasteiger partial charge on any atom is -0.531 e. The second-order valence-electron chi connectivity index (χ2n) is 8.35. The van der Waals surface area contributed by atoms with E-state index in [4.69, 9.17) is 9.16 Å². The average molecular weight is 452 g/mol. The van der Waals surface area contributed by atoms with E-state index in [9.17, 15) is 20.0 Å². The summed E-state index contributed by atoms with van der Waals surface area (Å²) in [6, 6.07) is 21.9. The Labute approximate surface area is 187 Å². The smallest absolute Gasteiger partial charge is 0.342 e. The number of rotatable bonds is 7. The van der Waals surface area contributed by atoms with Gasteiger partial charge in [0.15, 0.2) is 11.5 Å². The van der Waals surface area contributed by atoms with Crippen molar-refractivity contribution in [2.45, 2.75) is 25.8 Å². The number of carboxylic acids is 1. The molecular weight excluding hydrogens is 426 g/mol. The molecule has 0 atom stereocenters. The molecule has 0 spiro atoms. The van der Waals surface area contributed by atoms with Crippen LogP contribution in [0.15, 0.2) is 72.8 Å². The van der Waals surface area contributed by atoms with E-state index in [0.29, 0.717) is 0 Å². The topological polar surface area (TPSA) is 98.9 Å². The molecule has 0 aliphatic rings. The summed E-state index contributed by atoms with van der Waals surface area (Å²) in [7, 11) is -1.71. The maximum Gasteiger partial charge on any atom is 0.342 e. The first-order chi connectivity index (χ1) is 15.1. The van der Waals surface area contributed by atoms with Crippen LogP contribution in [0.1, 0.15) is 31.1 Å². The summed E-state index contributed by atoms with van der Waals surface area (Å²) >= 11 is 0. The monoisotopic (exact) mass is 451 g/mol. The second kappa shape index (κ2) is 8.84. The van der Waals surface area contributed by atoms with Crippen molar-refractivity contribution in [1.29, 1.82) is 0 Å². The van der Waals surface area contributed by atoms with Crippen LogP contribution in [0.5, 0.6) is 11.5 Å². The van der Waals surface area contributed by atoms with Crippen LogP contribution in [0.3, 0.4) is 0 Å². The van der Waals surface area contributed by atoms with Crippen LogP contribution in [0.25, 0.3) is 0 Å². The number of methoxy groups -OCH3 is 1. The third-order valence-corrected chi connectivity index (χ3v) is 10.3. The molecule has 32 heavy (non-hydrogen) atoms. The molecule has 1 N–H and O–H groups in total. The highest BCUT2D eigenvalue weighted by atomic mass is 28.4. The van der Waals surface area contributed by atoms with Crippen LogP contribution in [0.4, 0.5) is 5.69 Å². The number of benzene rings is 3. The standard InChI is InChI=1S/C24H25NO6Si/c1-24(2,3)32(17-11-7-5-8-12-17,18-13-9-6-10-14-18)31-22-16-20(25(28)29)19(23(26)27)15-21(22)30-4/h5-16H,1-4H3,(H,26,27). The summed E-state index contributed by atoms with van der Waals surface area (Å²) in [4.78, 5) is 22.5. The van der Waals surface area contributed by atoms with E-state index in [1.54, 1.807) is 0 Å². The molecule has 0 aliphatic carbocycles. The van der Waals surface area contributed by atoms with Crippen molar-refractivity contribution in [2.24, 2.45) is 0 Å². The molecule has 0 bridgehead atoms. The molecular formula is C24H25NO6Si. The summed E-state index contributed by atoms with van der Waals surface area (Å²) < 4.78 is 12.2. The fraction of sp³-hybridized carbons (Fsp3) is 0.208. The van der Waals surface area contributed by atoms with Gasteiger partial charge in [-0.1, -0.05) is 81.4 Å². The average Bonchev–Trinajstić information content (AvgIpc) is 2.77. The van der Waals surface area contributed by atoms with E-state index in [2.05, 4.69) is 20.8 Å². The maximum atomic E-state index is 11.6. The zero-order valence-electron chi connectivity index (χ0n) is 18.4. The van der Waals surface area contributed by atoms with Crippen molar-refractivity contribution in [3.05, 3.63) is 88.5 Å². The molecule has 3 aromatic carbocycles. The Morgan fingerprint density at radius 2 is 1.44 bits per heavy atom. The molecule has 7 nitrogen and oxygen atoms in total. The zero-order chi connectivity index (χ0) is 23.5. The molecule has 8 heteroatoms. The highest BCUT2D eigenvalue weighted by molar-refractivity contribution is 7.00. The molecule has 0 saturated heterocycles. The Morgan fingerprint density at radius 3 is 1.81 bits per heavy atom. The molecule has 3 rings (SSSR count). The quantitative estimate of drug-likeness (QED) is 0.328. The number of carbonyl (C=O) groups is 1. The van der Waals surface area contributed by atoms with Crippen LogP contribution in [-0.4, -0.2) is 31.4 Å². The van der Waals surface area contributed by atoms with E-state index in [1.165, 1.54) is 7.11 Å². The number of nitrogens with zero attached hydrogens (tertiary/aromatic N) is 1. The zero-order valence-corrected chi connectivity index (χ0v) is 19.4. The van der Waals surface area contributed by atoms with E-state index < -0.39 is 30.5 Å². The van der Waals surface area contributed by atoms with Crippen molar-refractivity contribution < 1.29 is 24.0 Å². The number of aromatic carboxylic acids is 1. The first kappa shape index (κ1) is 23.0. The van der Waals surface area contributed by atoms with E-state index >= 15 is 0 Å². The molecule has 0 aliphatic heterocycles. The summed E-state index contributed by atoms with van der Waals surface area (Å²) in [6.45, 7) is 6.23. The fourth-order valence-corrected chi connectivity index (χ4v) is 8.35. The molecule has 0 radical (unpaired) electrons. The van der Waals surface area contributed by atoms with Gasteiger partial charge >= 0.3 is 14.3 Å². The number of hydrogen-bond acceptors (Lipinski definition) is 5. The number of ether oxygens (including phenoxy) is 1. The minimum atomic E-state index is -3.09. The lowest BCUT2D eigenvalue weighted by Gasteiger charge is -2.43. The van der Waals surface area contributed by atoms with E-state index in [1.807, 2.05) is 60.7 Å². The number of carboxylic acid groups (broad SMARTS) is 1. The Balaban J connectivity index is 2.35. The Bertz CT molecular complexity index is 1090. The van der Waals surface area contributed by atoms with Crippen molar-refractivity contribution in [3.8, 4) is 11.5 Å². The van der Waals surface area contributed by atoms with Gasteiger partial charge in [-0.3, -0.25) is 10.1 Å². The molecule has 0 aromatic heterocycles. The number of nitro groups is 1. The van der Waals surface area contributed by atoms with Gasteiger partial charge in [-0.2, -0.15) is 0 Å². The molecule has 0 saturated carbocycles. The molecule has 0 unspecified atom stereocenters. The van der Waals surface area contributed by atoms with Gasteiger partial charge in [0, 0.05) is 6.07 Å². The van der Waals surface area contributed by atoms with E-state index in [-0.39, 0.29) is 16.5 Å². The summed E-state index contributed by atoms with van der Waals surface area (Å²) in [5.41, 5.74) is -1.01. The fourth-order valence-electron chi connectivity index (χ4n) is 3.93. The Morgan fingerprint density at radius 1 is 0.938 bits per heavy atom. The van der Waals surface area contributed by atoms with Gasteiger partial charge in [-0.05, 0) is 15.4 Å². The van der Waals surface area contributed by atoms with Gasteiger partial charge in [0.25, 0.3) is 5.69 Å². The third-order valence-electron chi connectivity index (χ3n) is 5.39. The van der Waals surface area contributed by atoms with Gasteiger partial charge in [0.2, 0.25) is 0 Å². The highest BCUT2D eigenvalue weighted by Gasteiger charge is 2.52. The maximum absolute atomic E-state index is 11.6. The number of nitro benzene ring substituents is 1. The van der Waals surface area contributed by atoms with Crippen molar-refractivity contribution >= 4 is 30.3 Å². The predicted molar refractivity (Wildman–Crippen MR) is 125 cm³/mol. The SMILES string of the molecule is COc1cc(C(=O)O)c([N+](=O)[O-])cc1O[Si](c1ccccc1)(c1ccccc1)C(C)(C)C. The molecule has 0 fully saturated rings. The first-order valence-corrected chi connectivity index (χ1v) is 11.9. The third kappa shape index (κ3) is 4.09. The molecule has 0 heterocycles. The number of hydrogen-bond donors (Lipinski definition) is 1. The van der Waals surface area contributed by atoms with Crippen LogP contribution in [0.2, 0.25) is 5.04 Å². The van der Waals surface area contributed by atoms with Gasteiger partial charge in [-0.15, -0.1) is 0 Å². The molecule has 0 amide bonds. The minimum absolute atomic E-state index is 0.126. The van der Waals surface area contributed by atoms with Gasteiger partial charge in [-0.25, -0.2) is 4.79 Å². The second-order valence-corrected chi connectivity index (χ2v) is 12.6. The van der Waals surface area contributed by atoms with Crippen LogP contribution in [0, 0.1) is 10.1 Å². The largest absolute Gasteiger partial charge is 0.531 e. The van der Waals surface area contributed by atoms with Crippen molar-refractivity contribution in [1.82, 2.24) is 0 Å². The lowest BCUT2D eigenvalue weighted by molar-refractivity contribution is -0.385. The normalized spacial score (nSPS) is 11.6. The van der Waals surface area contributed by atoms with Gasteiger partial charge in [0.05, 0.1) is 18.1 Å². The predicted octanol–water partition coefficient (Wildman–Crippen LogP) is 4.24. The molecule has 166 valence electrons. The molecule has 3 aromatic rings. The lowest BCUT2D eigenvalue weighted by Crippen LogP contribution is -2.68. The van der Waals surface area contributed by atoms with E-state index in [0.717, 1.165) is 22.5 Å². The van der Waals surface area contributed by atoms with Crippen LogP contribution >= 0.6 is 0 Å². The summed E-state index contributed by atoms with van der Waals surface area (Å²) in [6.07, 6.45) is 0. The summed E-state index contributed by atoms with van der Waals surface area (Å²) in [5.74, 6) is -1.15. The van der Waals surface area contributed by atoms with Crippen molar-refractivity contribution in [2.75, 3.05) is 7.11 Å². The van der Waals surface area contributed by atoms with Gasteiger partial charge in [0.1, 0.15) is 5.56 Å². The summed E-state index contributed by atoms with van der Waals surface area (Å²) in [5, 5.41) is 22.7. The first-order valence-electron chi connectivity index (χ1n) is 10.0. The van der Waals surface area contributed by atoms with Crippen molar-refractivity contribution in [3.63, 3.8) is 0 Å². The Hall–Kier alpha value is -3.65. The lowest BCUT2D eigenvalue weighted by atomic mass is 10.1. The van der Waals surface area contributed by atoms with Gasteiger partial charge < -0.3 is 14.3 Å². The highest BCUT2D eigenvalue weighted by Crippen LogP contribution is 2.42. The van der Waals surface area contributed by atoms with Crippen LogP contribution in [-0.2, 0) is 0 Å².